The van der Waals surface area contributed by atoms with Crippen molar-refractivity contribution in [3.8, 4) is 11.1 Å². The van der Waals surface area contributed by atoms with Crippen molar-refractivity contribution in [3.63, 3.8) is 0 Å². The number of pyridine rings is 1. The first-order valence-corrected chi connectivity index (χ1v) is 17.1. The molecule has 3 aromatic carbocycles. The van der Waals surface area contributed by atoms with Gasteiger partial charge in [-0.3, -0.25) is 19.8 Å². The predicted molar refractivity (Wildman–Crippen MR) is 179 cm³/mol. The molecule has 2 fully saturated rings. The van der Waals surface area contributed by atoms with Gasteiger partial charge in [-0.25, -0.2) is 0 Å². The van der Waals surface area contributed by atoms with Crippen LogP contribution in [0.15, 0.2) is 65.5 Å². The minimum Gasteiger partial charge on any atom is -0.480 e. The van der Waals surface area contributed by atoms with Gasteiger partial charge in [0, 0.05) is 25.1 Å². The summed E-state index contributed by atoms with van der Waals surface area (Å²) >= 11 is 0. The van der Waals surface area contributed by atoms with Gasteiger partial charge in [0.2, 0.25) is 0 Å². The summed E-state index contributed by atoms with van der Waals surface area (Å²) in [5.74, 6) is -3.55. The van der Waals surface area contributed by atoms with Crippen LogP contribution in [0, 0.1) is 11.3 Å². The van der Waals surface area contributed by atoms with Crippen LogP contribution in [0.5, 0.6) is 0 Å². The summed E-state index contributed by atoms with van der Waals surface area (Å²) in [5.41, 5.74) is -5.54. The molecule has 3 heterocycles. The van der Waals surface area contributed by atoms with E-state index in [1.165, 1.54) is 72.6 Å². The molecule has 0 aliphatic carbocycles. The predicted octanol–water partition coefficient (Wildman–Crippen LogP) is 6.89. The first kappa shape index (κ1) is 39.5. The van der Waals surface area contributed by atoms with Crippen molar-refractivity contribution in [2.24, 2.45) is 18.4 Å². The Bertz CT molecular complexity index is 2090. The van der Waals surface area contributed by atoms with Crippen molar-refractivity contribution in [3.05, 3.63) is 82.1 Å². The lowest BCUT2D eigenvalue weighted by molar-refractivity contribution is -0.279. The van der Waals surface area contributed by atoms with E-state index in [0.717, 1.165) is 4.57 Å². The number of benzene rings is 3. The number of fused-ring (bicyclic) bond motifs is 2. The fourth-order valence-corrected chi connectivity index (χ4v) is 8.04. The maximum atomic E-state index is 14.8. The summed E-state index contributed by atoms with van der Waals surface area (Å²) in [6.07, 6.45) is -19.4. The average Bonchev–Trinajstić information content (AvgIpc) is 3.11. The fourth-order valence-electron chi connectivity index (χ4n) is 8.04. The van der Waals surface area contributed by atoms with Gasteiger partial charge < -0.3 is 19.5 Å². The van der Waals surface area contributed by atoms with Crippen LogP contribution in [-0.4, -0.2) is 82.6 Å². The number of aliphatic hydroxyl groups is 1. The van der Waals surface area contributed by atoms with Gasteiger partial charge in [0.1, 0.15) is 17.7 Å². The number of para-hydroxylation sites is 1. The lowest BCUT2D eigenvalue weighted by Gasteiger charge is -2.49. The highest BCUT2D eigenvalue weighted by molar-refractivity contribution is 6.01. The maximum absolute atomic E-state index is 14.8. The topological polar surface area (TPSA) is 104 Å². The molecule has 17 heteroatoms. The zero-order valence-corrected chi connectivity index (χ0v) is 28.7. The number of hydrogen-bond donors (Lipinski definition) is 3. The van der Waals surface area contributed by atoms with Crippen molar-refractivity contribution in [2.45, 2.75) is 62.5 Å². The van der Waals surface area contributed by atoms with Gasteiger partial charge in [0.25, 0.3) is 5.56 Å². The number of aliphatic carboxylic acids is 1. The minimum absolute atomic E-state index is 0.000693. The summed E-state index contributed by atoms with van der Waals surface area (Å²) in [6, 6.07) is 11.0. The smallest absolute Gasteiger partial charge is 0.417 e. The quantitative estimate of drug-likeness (QED) is 0.132. The summed E-state index contributed by atoms with van der Waals surface area (Å²) in [5, 5.41) is 23.6. The molecular weight excluding hydrogens is 737 g/mol. The van der Waals surface area contributed by atoms with Gasteiger partial charge in [0.05, 0.1) is 29.2 Å². The number of nitrogens with one attached hydrogen (secondary N) is 1. The summed E-state index contributed by atoms with van der Waals surface area (Å²) < 4.78 is 136. The van der Waals surface area contributed by atoms with Crippen molar-refractivity contribution < 1.29 is 59.3 Å². The molecule has 0 spiro atoms. The number of ether oxygens (including phenoxy) is 1. The molecule has 1 aromatic heterocycles. The van der Waals surface area contributed by atoms with E-state index in [4.69, 9.17) is 4.74 Å². The standard InChI is InChI=1S/C37H36F9N3O5/c1-48-27-11-3-2-7-24(27)30(36(41,42)43)29(31(48)50)23-10-5-8-21-20(6-4-9-22(21)23)18-26(32(51)52)47-33(53)34(37(44,45)46)13-15-49(16-14-34)28-12-17-54-19-25(28)35(38,39)40/h2-11,25-26,28,33,47,53H,12-19H2,1H3,(H,51,52)/t25?,26-,28?,33?/m0/s1. The number of aliphatic hydroxyl groups excluding tert-OH is 1. The minimum atomic E-state index is -5.09. The summed E-state index contributed by atoms with van der Waals surface area (Å²) in [7, 11) is 1.33. The number of rotatable bonds is 8. The van der Waals surface area contributed by atoms with Crippen LogP contribution in [0.4, 0.5) is 39.5 Å². The van der Waals surface area contributed by atoms with Crippen LogP contribution in [-0.2, 0) is 29.2 Å². The number of halogens is 9. The molecule has 4 atom stereocenters. The van der Waals surface area contributed by atoms with E-state index in [1.54, 1.807) is 0 Å². The number of nitrogens with zero attached hydrogens (tertiary/aromatic N) is 2. The van der Waals surface area contributed by atoms with E-state index >= 15 is 0 Å². The van der Waals surface area contributed by atoms with E-state index < -0.39 is 110 Å². The zero-order chi connectivity index (χ0) is 39.4. The Labute approximate surface area is 302 Å². The lowest BCUT2D eigenvalue weighted by atomic mass is 9.74. The Morgan fingerprint density at radius 2 is 1.56 bits per heavy atom. The largest absolute Gasteiger partial charge is 0.480 e. The average molecular weight is 774 g/mol. The van der Waals surface area contributed by atoms with Gasteiger partial charge >= 0.3 is 24.5 Å². The Morgan fingerprint density at radius 3 is 2.19 bits per heavy atom. The molecule has 2 saturated heterocycles. The maximum Gasteiger partial charge on any atom is 0.417 e. The highest BCUT2D eigenvalue weighted by atomic mass is 19.4. The molecule has 0 bridgehead atoms. The summed E-state index contributed by atoms with van der Waals surface area (Å²) in [4.78, 5) is 27.4. The van der Waals surface area contributed by atoms with Crippen molar-refractivity contribution in [1.82, 2.24) is 14.8 Å². The number of aryl methyl sites for hydroxylation is 1. The molecule has 292 valence electrons. The van der Waals surface area contributed by atoms with Gasteiger partial charge in [0.15, 0.2) is 0 Å². The van der Waals surface area contributed by atoms with Crippen LogP contribution in [0.1, 0.15) is 30.4 Å². The Hall–Kier alpha value is -4.19. The SMILES string of the molecule is Cn1c(=O)c(-c2cccc3c(C[C@H](NC(O)C4(C(F)(F)F)CCN(C5CCOCC5C(F)(F)F)CC4)C(=O)O)cccc23)c(C(F)(F)F)c2ccccc21. The van der Waals surface area contributed by atoms with Crippen LogP contribution >= 0.6 is 0 Å². The number of carbonyl (C=O) groups is 1. The molecule has 0 amide bonds. The number of carboxylic acid groups (broad SMARTS) is 1. The van der Waals surface area contributed by atoms with E-state index in [0.29, 0.717) is 0 Å². The molecule has 2 aliphatic heterocycles. The van der Waals surface area contributed by atoms with E-state index in [-0.39, 0.29) is 45.8 Å². The highest BCUT2D eigenvalue weighted by Crippen LogP contribution is 2.50. The Balaban J connectivity index is 1.32. The normalized spacial score (nSPS) is 21.3. The molecule has 54 heavy (non-hydrogen) atoms. The molecule has 4 aromatic rings. The monoisotopic (exact) mass is 773 g/mol. The lowest BCUT2D eigenvalue weighted by Crippen LogP contribution is -2.63. The van der Waals surface area contributed by atoms with Gasteiger partial charge in [-0.1, -0.05) is 54.6 Å². The Morgan fingerprint density at radius 1 is 0.926 bits per heavy atom. The van der Waals surface area contributed by atoms with E-state index in [2.05, 4.69) is 5.32 Å². The number of alkyl halides is 9. The number of likely N-dealkylation sites (tertiary alicyclic amines) is 1. The number of aromatic nitrogens is 1. The molecule has 8 nitrogen and oxygen atoms in total. The van der Waals surface area contributed by atoms with Crippen LogP contribution < -0.4 is 10.9 Å². The van der Waals surface area contributed by atoms with Crippen LogP contribution in [0.3, 0.4) is 0 Å². The molecule has 0 saturated carbocycles. The number of carboxylic acids is 1. The molecular formula is C37H36F9N3O5. The third-order valence-electron chi connectivity index (χ3n) is 10.9. The van der Waals surface area contributed by atoms with E-state index in [9.17, 15) is 59.3 Å². The first-order valence-electron chi connectivity index (χ1n) is 17.1. The molecule has 3 unspecified atom stereocenters. The second-order valence-electron chi connectivity index (χ2n) is 13.9. The fraction of sp³-hybridized carbons (Fsp3) is 0.459. The van der Waals surface area contributed by atoms with Gasteiger partial charge in [-0.15, -0.1) is 0 Å². The third-order valence-corrected chi connectivity index (χ3v) is 10.9. The third kappa shape index (κ3) is 7.18. The Kier molecular flexibility index (Phi) is 10.6. The van der Waals surface area contributed by atoms with Gasteiger partial charge in [-0.2, -0.15) is 39.5 Å². The molecule has 3 N–H and O–H groups in total. The van der Waals surface area contributed by atoms with Crippen molar-refractivity contribution in [2.75, 3.05) is 26.3 Å². The number of hydrogen-bond acceptors (Lipinski definition) is 6. The van der Waals surface area contributed by atoms with Crippen LogP contribution in [0.25, 0.3) is 32.8 Å². The van der Waals surface area contributed by atoms with Crippen LogP contribution in [0.2, 0.25) is 0 Å². The van der Waals surface area contributed by atoms with Crippen molar-refractivity contribution >= 4 is 27.6 Å². The van der Waals surface area contributed by atoms with Crippen molar-refractivity contribution in [1.29, 1.82) is 0 Å². The van der Waals surface area contributed by atoms with E-state index in [1.807, 2.05) is 0 Å². The molecule has 6 rings (SSSR count). The molecule has 0 radical (unpaired) electrons. The summed E-state index contributed by atoms with van der Waals surface area (Å²) in [6.45, 7) is -1.53. The first-order chi connectivity index (χ1) is 25.3. The highest BCUT2D eigenvalue weighted by Gasteiger charge is 2.61. The molecule has 2 aliphatic rings. The second-order valence-corrected chi connectivity index (χ2v) is 13.9. The van der Waals surface area contributed by atoms with Gasteiger partial charge in [-0.05, 0) is 66.7 Å². The second kappa shape index (κ2) is 14.5. The zero-order valence-electron chi connectivity index (χ0n) is 28.7. The number of piperidine rings is 1.